The molecule has 0 atom stereocenters. The molecule has 0 aliphatic carbocycles. The Balaban J connectivity index is 1.11. The first-order chi connectivity index (χ1) is 27.8. The van der Waals surface area contributed by atoms with E-state index in [2.05, 4.69) is 24.3 Å². The lowest BCUT2D eigenvalue weighted by molar-refractivity contribution is 0.0539. The minimum Gasteiger partial charge on any atom is -0.443 e. The Bertz CT molecular complexity index is 3100. The highest BCUT2D eigenvalue weighted by Crippen LogP contribution is 2.45. The van der Waals surface area contributed by atoms with Gasteiger partial charge in [-0.25, -0.2) is 38.7 Å². The van der Waals surface area contributed by atoms with E-state index < -0.39 is 23.4 Å². The highest BCUT2D eigenvalue weighted by atomic mass is 32.1. The lowest BCUT2D eigenvalue weighted by atomic mass is 10.1. The molecular weight excluding hydrogens is 765 g/mol. The molecule has 10 nitrogen and oxygen atoms in total. The zero-order valence-corrected chi connectivity index (χ0v) is 34.2. The molecule has 6 aromatic heterocycles. The van der Waals surface area contributed by atoms with Crippen LogP contribution in [-0.2, 0) is 9.47 Å². The zero-order valence-electron chi connectivity index (χ0n) is 32.5. The number of para-hydroxylation sites is 6. The molecule has 10 aromatic rings. The van der Waals surface area contributed by atoms with E-state index in [0.29, 0.717) is 44.4 Å². The Kier molecular flexibility index (Phi) is 8.05. The smallest absolute Gasteiger partial charge is 0.420 e. The van der Waals surface area contributed by atoms with Gasteiger partial charge in [-0.15, -0.1) is 22.7 Å². The first kappa shape index (κ1) is 35.9. The van der Waals surface area contributed by atoms with E-state index in [1.54, 1.807) is 31.8 Å². The lowest BCUT2D eigenvalue weighted by Crippen LogP contribution is -2.27. The van der Waals surface area contributed by atoms with Crippen LogP contribution in [0.5, 0.6) is 0 Å². The Morgan fingerprint density at radius 1 is 0.466 bits per heavy atom. The molecule has 6 heterocycles. The third-order valence-corrected chi connectivity index (χ3v) is 12.1. The highest BCUT2D eigenvalue weighted by molar-refractivity contribution is 7.25. The van der Waals surface area contributed by atoms with Crippen LogP contribution in [0.15, 0.2) is 109 Å². The number of carbonyl (C=O) groups excluding carboxylic acids is 2. The quantitative estimate of drug-likeness (QED) is 0.173. The first-order valence-corrected chi connectivity index (χ1v) is 20.5. The highest BCUT2D eigenvalue weighted by Gasteiger charge is 2.29. The average Bonchev–Trinajstić information content (AvgIpc) is 3.98. The number of rotatable bonds is 3. The second kappa shape index (κ2) is 13.0. The van der Waals surface area contributed by atoms with E-state index in [0.717, 1.165) is 52.4 Å². The first-order valence-electron chi connectivity index (χ1n) is 18.9. The molecule has 0 aliphatic heterocycles. The van der Waals surface area contributed by atoms with Crippen molar-refractivity contribution in [3.63, 3.8) is 0 Å². The van der Waals surface area contributed by atoms with Crippen molar-refractivity contribution in [1.82, 2.24) is 29.1 Å². The summed E-state index contributed by atoms with van der Waals surface area (Å²) in [6.07, 6.45) is -1.03. The third kappa shape index (κ3) is 5.98. The van der Waals surface area contributed by atoms with E-state index in [4.69, 9.17) is 29.4 Å². The van der Waals surface area contributed by atoms with Crippen molar-refractivity contribution >= 4 is 101 Å². The molecule has 0 bridgehead atoms. The predicted octanol–water partition coefficient (Wildman–Crippen LogP) is 12.5. The monoisotopic (exact) mass is 800 g/mol. The van der Waals surface area contributed by atoms with Gasteiger partial charge in [0.2, 0.25) is 0 Å². The van der Waals surface area contributed by atoms with Crippen molar-refractivity contribution in [2.75, 3.05) is 0 Å². The summed E-state index contributed by atoms with van der Waals surface area (Å²) in [5.41, 5.74) is 6.75. The second-order valence-corrected chi connectivity index (χ2v) is 18.3. The summed E-state index contributed by atoms with van der Waals surface area (Å²) in [6.45, 7) is 11.1. The summed E-state index contributed by atoms with van der Waals surface area (Å²) < 4.78 is 15.1. The van der Waals surface area contributed by atoms with Crippen LogP contribution in [0.4, 0.5) is 9.59 Å². The van der Waals surface area contributed by atoms with Gasteiger partial charge in [-0.3, -0.25) is 0 Å². The zero-order chi connectivity index (χ0) is 40.1. The molecular formula is C46H36N6O4S2. The van der Waals surface area contributed by atoms with E-state index in [9.17, 15) is 9.59 Å². The largest absolute Gasteiger partial charge is 0.443 e. The molecule has 0 unspecified atom stereocenters. The fourth-order valence-corrected chi connectivity index (χ4v) is 9.57. The van der Waals surface area contributed by atoms with Crippen molar-refractivity contribution in [2.24, 2.45) is 0 Å². The maximum atomic E-state index is 14.0. The molecule has 4 aromatic carbocycles. The summed E-state index contributed by atoms with van der Waals surface area (Å²) >= 11 is 3.27. The number of hydrogen-bond acceptors (Lipinski definition) is 10. The number of fused-ring (bicyclic) bond motifs is 8. The Labute approximate surface area is 340 Å². The van der Waals surface area contributed by atoms with Crippen LogP contribution in [0.2, 0.25) is 0 Å². The van der Waals surface area contributed by atoms with Gasteiger partial charge < -0.3 is 9.47 Å². The SMILES string of the molecule is CC(C)(C)OC(=O)n1c2nc3ccccc3nc2c2cccc(-c3ccc(-c4ccc(-c5cccc6c7nc8ccccc8nc7n(C(=O)OC(C)(C)C)c56)s4)s3)c21. The van der Waals surface area contributed by atoms with Gasteiger partial charge in [0.1, 0.15) is 22.2 Å². The van der Waals surface area contributed by atoms with E-state index in [-0.39, 0.29) is 0 Å². The maximum Gasteiger partial charge on any atom is 0.420 e. The fraction of sp³-hybridized carbons (Fsp3) is 0.174. The number of hydrogen-bond donors (Lipinski definition) is 0. The summed E-state index contributed by atoms with van der Waals surface area (Å²) in [7, 11) is 0. The second-order valence-electron chi connectivity index (χ2n) is 16.1. The molecule has 12 heteroatoms. The number of aromatic nitrogens is 6. The molecule has 0 spiro atoms. The Morgan fingerprint density at radius 2 is 0.828 bits per heavy atom. The molecule has 0 saturated carbocycles. The van der Waals surface area contributed by atoms with E-state index in [1.807, 2.05) is 126 Å². The molecule has 0 aliphatic rings. The minimum absolute atomic E-state index is 0.451. The van der Waals surface area contributed by atoms with Gasteiger partial charge in [0.15, 0.2) is 11.3 Å². The molecule has 0 radical (unpaired) electrons. The molecule has 0 saturated heterocycles. The van der Waals surface area contributed by atoms with Crippen LogP contribution in [0.25, 0.3) is 96.8 Å². The van der Waals surface area contributed by atoms with E-state index in [1.165, 1.54) is 0 Å². The molecule has 10 rings (SSSR count). The number of nitrogens with zero attached hydrogens (tertiary/aromatic N) is 6. The molecule has 0 fully saturated rings. The van der Waals surface area contributed by atoms with Crippen molar-refractivity contribution in [1.29, 1.82) is 0 Å². The standard InChI is InChI=1S/C46H36N6O4S2/c1-45(2,3)55-43(53)51-39-25(13-11-15-27(39)37-41(51)49-31-19-9-7-17-29(31)47-37)33-21-23-35(57-33)36-24-22-34(58-36)26-14-12-16-28-38-42(50-32-20-10-8-18-30(32)48-38)52(40(26)28)44(54)56-46(4,5)6/h7-24H,1-6H3. The van der Waals surface area contributed by atoms with Gasteiger partial charge in [-0.1, -0.05) is 60.7 Å². The van der Waals surface area contributed by atoms with E-state index >= 15 is 0 Å². The van der Waals surface area contributed by atoms with Gasteiger partial charge in [-0.2, -0.15) is 0 Å². The Hall–Kier alpha value is -6.50. The number of benzene rings is 4. The van der Waals surface area contributed by atoms with Crippen LogP contribution in [-0.4, -0.2) is 52.5 Å². The van der Waals surface area contributed by atoms with Crippen LogP contribution in [0, 0.1) is 0 Å². The molecule has 0 N–H and O–H groups in total. The summed E-state index contributed by atoms with van der Waals surface area (Å²) in [5.74, 6) is 0. The van der Waals surface area contributed by atoms with Crippen molar-refractivity contribution < 1.29 is 19.1 Å². The normalized spacial score (nSPS) is 12.4. The topological polar surface area (TPSA) is 114 Å². The van der Waals surface area contributed by atoms with Crippen molar-refractivity contribution in [3.8, 4) is 30.6 Å². The van der Waals surface area contributed by atoms with Gasteiger partial charge in [-0.05, 0) is 90.1 Å². The average molecular weight is 801 g/mol. The van der Waals surface area contributed by atoms with Crippen molar-refractivity contribution in [3.05, 3.63) is 109 Å². The third-order valence-electron chi connectivity index (χ3n) is 9.70. The molecule has 286 valence electrons. The van der Waals surface area contributed by atoms with Crippen molar-refractivity contribution in [2.45, 2.75) is 52.7 Å². The van der Waals surface area contributed by atoms with Crippen LogP contribution in [0.1, 0.15) is 41.5 Å². The predicted molar refractivity (Wildman–Crippen MR) is 234 cm³/mol. The summed E-state index contributed by atoms with van der Waals surface area (Å²) in [5, 5.41) is 1.63. The van der Waals surface area contributed by atoms with Gasteiger partial charge in [0, 0.05) is 41.4 Å². The van der Waals surface area contributed by atoms with Crippen LogP contribution < -0.4 is 0 Å². The minimum atomic E-state index is -0.723. The number of carbonyl (C=O) groups is 2. The number of thiophene rings is 2. The summed E-state index contributed by atoms with van der Waals surface area (Å²) in [4.78, 5) is 51.9. The maximum absolute atomic E-state index is 14.0. The summed E-state index contributed by atoms with van der Waals surface area (Å²) in [6, 6.07) is 35.7. The molecule has 0 amide bonds. The van der Waals surface area contributed by atoms with Gasteiger partial charge in [0.05, 0.1) is 33.1 Å². The van der Waals surface area contributed by atoms with Crippen LogP contribution in [0.3, 0.4) is 0 Å². The lowest BCUT2D eigenvalue weighted by Gasteiger charge is -2.20. The Morgan fingerprint density at radius 3 is 1.21 bits per heavy atom. The molecule has 58 heavy (non-hydrogen) atoms. The van der Waals surface area contributed by atoms with Gasteiger partial charge >= 0.3 is 12.2 Å². The van der Waals surface area contributed by atoms with Gasteiger partial charge in [0.25, 0.3) is 0 Å². The number of ether oxygens (including phenoxy) is 2. The fourth-order valence-electron chi connectivity index (χ4n) is 7.42. The van der Waals surface area contributed by atoms with Crippen LogP contribution >= 0.6 is 22.7 Å².